The van der Waals surface area contributed by atoms with Gasteiger partial charge in [0.15, 0.2) is 5.69 Å². The van der Waals surface area contributed by atoms with Gasteiger partial charge >= 0.3 is 12.1 Å². The summed E-state index contributed by atoms with van der Waals surface area (Å²) in [5, 5.41) is 4.56. The van der Waals surface area contributed by atoms with Gasteiger partial charge in [-0.1, -0.05) is 48.9 Å². The van der Waals surface area contributed by atoms with Crippen LogP contribution in [0.15, 0.2) is 48.7 Å². The molecule has 1 atom stereocenters. The summed E-state index contributed by atoms with van der Waals surface area (Å²) in [6, 6.07) is 13.4. The van der Waals surface area contributed by atoms with Gasteiger partial charge in [-0.2, -0.15) is 18.3 Å². The Morgan fingerprint density at radius 1 is 1.02 bits per heavy atom. The first kappa shape index (κ1) is 30.9. The van der Waals surface area contributed by atoms with Crippen molar-refractivity contribution in [2.24, 2.45) is 0 Å². The summed E-state index contributed by atoms with van der Waals surface area (Å²) >= 11 is 6.43. The van der Waals surface area contributed by atoms with E-state index < -0.39 is 29.4 Å². The highest BCUT2D eigenvalue weighted by molar-refractivity contribution is 6.31. The fourth-order valence-electron chi connectivity index (χ4n) is 6.28. The molecule has 3 aromatic rings. The van der Waals surface area contributed by atoms with Crippen molar-refractivity contribution in [3.63, 3.8) is 0 Å². The largest absolute Gasteiger partial charge is 0.462 e. The molecule has 0 N–H and O–H groups in total. The van der Waals surface area contributed by atoms with Crippen molar-refractivity contribution in [2.75, 3.05) is 37.7 Å². The predicted octanol–water partition coefficient (Wildman–Crippen LogP) is 7.36. The summed E-state index contributed by atoms with van der Waals surface area (Å²) < 4.78 is 48.3. The number of carbonyl (C=O) groups is 2. The monoisotopic (exact) mass is 616 g/mol. The molecule has 0 aliphatic carbocycles. The Bertz CT molecular complexity index is 1450. The number of benzene rings is 2. The van der Waals surface area contributed by atoms with Gasteiger partial charge in [-0.15, -0.1) is 0 Å². The van der Waals surface area contributed by atoms with Crippen LogP contribution in [0.3, 0.4) is 0 Å². The maximum atomic E-state index is 14.2. The number of rotatable bonds is 7. The molecule has 230 valence electrons. The maximum Gasteiger partial charge on any atom is 0.433 e. The lowest BCUT2D eigenvalue weighted by atomic mass is 9.88. The maximum absolute atomic E-state index is 14.2. The van der Waals surface area contributed by atoms with Crippen LogP contribution in [0.5, 0.6) is 0 Å². The topological polar surface area (TPSA) is 67.7 Å². The first-order chi connectivity index (χ1) is 20.6. The standard InChI is InChI=1S/C32H36ClF3N4O3/c1-3-29(41)38-16-13-22(14-17-38)21-7-9-23(10-8-21)26-12-11-24(33)18-28(26)39-15-5-6-25(20-39)40-30(32(34,35)36)27(19-37-40)31(42)43-4-2/h7-12,18-19,22,25H,3-6,13-17,20H2,1-2H3. The number of carbonyl (C=O) groups excluding carboxylic acids is 2. The van der Waals surface area contributed by atoms with Gasteiger partial charge in [0, 0.05) is 48.9 Å². The molecule has 2 aliphatic rings. The van der Waals surface area contributed by atoms with Crippen LogP contribution in [0.4, 0.5) is 18.9 Å². The van der Waals surface area contributed by atoms with Crippen molar-refractivity contribution in [3.05, 3.63) is 70.5 Å². The smallest absolute Gasteiger partial charge is 0.433 e. The van der Waals surface area contributed by atoms with Gasteiger partial charge in [-0.25, -0.2) is 4.79 Å². The third-order valence-corrected chi connectivity index (χ3v) is 8.68. The van der Waals surface area contributed by atoms with Crippen molar-refractivity contribution >= 4 is 29.2 Å². The molecule has 1 unspecified atom stereocenters. The minimum Gasteiger partial charge on any atom is -0.462 e. The molecule has 3 heterocycles. The zero-order valence-electron chi connectivity index (χ0n) is 24.4. The van der Waals surface area contributed by atoms with E-state index in [0.717, 1.165) is 53.6 Å². The molecule has 2 aliphatic heterocycles. The first-order valence-corrected chi connectivity index (χ1v) is 15.2. The molecule has 7 nitrogen and oxygen atoms in total. The van der Waals surface area contributed by atoms with E-state index in [1.165, 1.54) is 5.56 Å². The van der Waals surface area contributed by atoms with Gasteiger partial charge in [0.2, 0.25) is 5.91 Å². The number of likely N-dealkylation sites (tertiary alicyclic amines) is 1. The molecule has 0 bridgehead atoms. The third-order valence-electron chi connectivity index (χ3n) is 8.45. The quantitative estimate of drug-likeness (QED) is 0.260. The molecular weight excluding hydrogens is 581 g/mol. The van der Waals surface area contributed by atoms with Crippen LogP contribution in [-0.4, -0.2) is 59.3 Å². The number of ether oxygens (including phenoxy) is 1. The molecule has 1 amide bonds. The zero-order chi connectivity index (χ0) is 30.7. The van der Waals surface area contributed by atoms with Crippen LogP contribution in [0.1, 0.15) is 79.5 Å². The number of amides is 1. The fraction of sp³-hybridized carbons (Fsp3) is 0.469. The van der Waals surface area contributed by atoms with Gasteiger partial charge in [0.1, 0.15) is 5.56 Å². The number of hydrogen-bond donors (Lipinski definition) is 0. The van der Waals surface area contributed by atoms with E-state index in [9.17, 15) is 22.8 Å². The predicted molar refractivity (Wildman–Crippen MR) is 159 cm³/mol. The van der Waals surface area contributed by atoms with Gasteiger partial charge in [0.25, 0.3) is 0 Å². The Labute approximate surface area is 254 Å². The van der Waals surface area contributed by atoms with Gasteiger partial charge in [0.05, 0.1) is 18.8 Å². The lowest BCUT2D eigenvalue weighted by Gasteiger charge is -2.36. The summed E-state index contributed by atoms with van der Waals surface area (Å²) in [5.74, 6) is -0.446. The van der Waals surface area contributed by atoms with Crippen molar-refractivity contribution < 1.29 is 27.5 Å². The molecule has 0 spiro atoms. The summed E-state index contributed by atoms with van der Waals surface area (Å²) in [4.78, 5) is 28.3. The number of esters is 1. The molecule has 0 saturated carbocycles. The molecule has 2 aromatic carbocycles. The molecule has 0 radical (unpaired) electrons. The second-order valence-corrected chi connectivity index (χ2v) is 11.5. The Morgan fingerprint density at radius 3 is 2.40 bits per heavy atom. The van der Waals surface area contributed by atoms with Crippen LogP contribution >= 0.6 is 11.6 Å². The lowest BCUT2D eigenvalue weighted by molar-refractivity contribution is -0.145. The molecule has 1 aromatic heterocycles. The molecular formula is C32H36ClF3N4O3. The minimum absolute atomic E-state index is 0.0315. The van der Waals surface area contributed by atoms with Gasteiger partial charge in [-0.05, 0) is 61.8 Å². The number of alkyl halides is 3. The normalized spacial score (nSPS) is 18.1. The van der Waals surface area contributed by atoms with Gasteiger partial charge in [-0.3, -0.25) is 9.48 Å². The van der Waals surface area contributed by atoms with E-state index in [-0.39, 0.29) is 19.1 Å². The minimum atomic E-state index is -4.77. The highest BCUT2D eigenvalue weighted by atomic mass is 35.5. The summed E-state index contributed by atoms with van der Waals surface area (Å²) in [5.41, 5.74) is 2.33. The van der Waals surface area contributed by atoms with E-state index in [1.54, 1.807) is 6.92 Å². The molecule has 11 heteroatoms. The molecule has 5 rings (SSSR count). The molecule has 2 saturated heterocycles. The SMILES string of the molecule is CCOC(=O)c1cnn(C2CCCN(c3cc(Cl)ccc3-c3ccc(C4CCN(C(=O)CC)CC4)cc3)C2)c1C(F)(F)F. The van der Waals surface area contributed by atoms with Crippen molar-refractivity contribution in [2.45, 2.75) is 64.1 Å². The third kappa shape index (κ3) is 6.69. The zero-order valence-corrected chi connectivity index (χ0v) is 25.1. The Morgan fingerprint density at radius 2 is 1.74 bits per heavy atom. The van der Waals surface area contributed by atoms with Crippen LogP contribution < -0.4 is 4.90 Å². The van der Waals surface area contributed by atoms with Crippen molar-refractivity contribution in [1.29, 1.82) is 0 Å². The fourth-order valence-corrected chi connectivity index (χ4v) is 6.45. The number of halogens is 4. The number of anilines is 1. The van der Waals surface area contributed by atoms with Crippen LogP contribution in [0.25, 0.3) is 11.1 Å². The van der Waals surface area contributed by atoms with Gasteiger partial charge < -0.3 is 14.5 Å². The number of hydrogen-bond acceptors (Lipinski definition) is 5. The van der Waals surface area contributed by atoms with Crippen LogP contribution in [-0.2, 0) is 15.7 Å². The van der Waals surface area contributed by atoms with Crippen LogP contribution in [0, 0.1) is 0 Å². The Hall–Kier alpha value is -3.53. The summed E-state index contributed by atoms with van der Waals surface area (Å²) in [6.45, 7) is 5.86. The molecule has 2 fully saturated rings. The average Bonchev–Trinajstić information content (AvgIpc) is 3.48. The first-order valence-electron chi connectivity index (χ1n) is 14.8. The highest BCUT2D eigenvalue weighted by Crippen LogP contribution is 2.40. The summed E-state index contributed by atoms with van der Waals surface area (Å²) in [7, 11) is 0. The van der Waals surface area contributed by atoms with Crippen molar-refractivity contribution in [3.8, 4) is 11.1 Å². The lowest BCUT2D eigenvalue weighted by Crippen LogP contribution is -2.38. The summed E-state index contributed by atoms with van der Waals surface area (Å²) in [6.07, 6.45) is -0.308. The van der Waals surface area contributed by atoms with E-state index in [0.29, 0.717) is 36.7 Å². The Kier molecular flexibility index (Phi) is 9.34. The van der Waals surface area contributed by atoms with E-state index in [4.69, 9.17) is 16.3 Å². The van der Waals surface area contributed by atoms with Crippen molar-refractivity contribution in [1.82, 2.24) is 14.7 Å². The molecule has 43 heavy (non-hydrogen) atoms. The van der Waals surface area contributed by atoms with E-state index in [1.807, 2.05) is 30.0 Å². The average molecular weight is 617 g/mol. The highest BCUT2D eigenvalue weighted by Gasteiger charge is 2.42. The van der Waals surface area contributed by atoms with E-state index in [2.05, 4.69) is 34.3 Å². The Balaban J connectivity index is 1.38. The van der Waals surface area contributed by atoms with Crippen LogP contribution in [0.2, 0.25) is 5.02 Å². The second-order valence-electron chi connectivity index (χ2n) is 11.1. The number of nitrogens with zero attached hydrogens (tertiary/aromatic N) is 4. The second kappa shape index (κ2) is 13.0. The number of aromatic nitrogens is 2. The number of piperidine rings is 2. The van der Waals surface area contributed by atoms with E-state index >= 15 is 0 Å².